The van der Waals surface area contributed by atoms with Gasteiger partial charge in [-0.3, -0.25) is 0 Å². The van der Waals surface area contributed by atoms with Crippen LogP contribution in [0.3, 0.4) is 0 Å². The second-order valence-corrected chi connectivity index (χ2v) is 8.52. The summed E-state index contributed by atoms with van der Waals surface area (Å²) in [7, 11) is 2.04. The van der Waals surface area contributed by atoms with E-state index in [0.29, 0.717) is 10.8 Å². The fourth-order valence-electron chi connectivity index (χ4n) is 2.09. The number of nitrogens with zero attached hydrogens (tertiary/aromatic N) is 1. The van der Waals surface area contributed by atoms with Crippen LogP contribution >= 0.6 is 23.1 Å². The molecular weight excluding hydrogens is 248 g/mol. The Morgan fingerprint density at radius 2 is 2.24 bits per heavy atom. The molecule has 0 aliphatic heterocycles. The van der Waals surface area contributed by atoms with Gasteiger partial charge in [-0.05, 0) is 26.3 Å². The summed E-state index contributed by atoms with van der Waals surface area (Å²) in [4.78, 5) is 6.36. The number of fused-ring (bicyclic) bond motifs is 1. The number of thiazole rings is 1. The molecule has 0 spiro atoms. The molecule has 1 aromatic rings. The Hall–Kier alpha value is -0.0600. The van der Waals surface area contributed by atoms with E-state index >= 15 is 0 Å². The summed E-state index contributed by atoms with van der Waals surface area (Å²) < 4.78 is 0.328. The lowest BCUT2D eigenvalue weighted by Crippen LogP contribution is -2.21. The molecule has 1 N–H and O–H groups in total. The van der Waals surface area contributed by atoms with Crippen molar-refractivity contribution in [2.75, 3.05) is 7.05 Å². The van der Waals surface area contributed by atoms with Crippen molar-refractivity contribution in [3.05, 3.63) is 15.6 Å². The van der Waals surface area contributed by atoms with Crippen LogP contribution in [0.15, 0.2) is 0 Å². The molecule has 1 heterocycles. The minimum atomic E-state index is 0.328. The van der Waals surface area contributed by atoms with E-state index in [1.807, 2.05) is 30.1 Å². The molecular formula is C13H22N2S2. The SMILES string of the molecule is CNC1CCCc2sc(CSC(C)(C)C)nc21. The number of thioether (sulfide) groups is 1. The van der Waals surface area contributed by atoms with Crippen LogP contribution in [0.25, 0.3) is 0 Å². The first kappa shape index (κ1) is 13.4. The molecule has 0 radical (unpaired) electrons. The summed E-state index contributed by atoms with van der Waals surface area (Å²) in [6.07, 6.45) is 3.76. The van der Waals surface area contributed by atoms with Gasteiger partial charge in [0.25, 0.3) is 0 Å². The molecule has 17 heavy (non-hydrogen) atoms. The van der Waals surface area contributed by atoms with Gasteiger partial charge >= 0.3 is 0 Å². The van der Waals surface area contributed by atoms with Crippen molar-refractivity contribution in [1.29, 1.82) is 0 Å². The van der Waals surface area contributed by atoms with E-state index in [4.69, 9.17) is 4.98 Å². The number of aromatic nitrogens is 1. The van der Waals surface area contributed by atoms with E-state index in [1.54, 1.807) is 0 Å². The molecule has 0 amide bonds. The van der Waals surface area contributed by atoms with Crippen LogP contribution < -0.4 is 5.32 Å². The fourth-order valence-corrected chi connectivity index (χ4v) is 4.09. The Kier molecular flexibility index (Phi) is 4.16. The summed E-state index contributed by atoms with van der Waals surface area (Å²) in [5.74, 6) is 1.05. The van der Waals surface area contributed by atoms with Crippen LogP contribution in [0.2, 0.25) is 0 Å². The van der Waals surface area contributed by atoms with Crippen molar-refractivity contribution >= 4 is 23.1 Å². The monoisotopic (exact) mass is 270 g/mol. The van der Waals surface area contributed by atoms with Crippen molar-refractivity contribution in [3.8, 4) is 0 Å². The highest BCUT2D eigenvalue weighted by atomic mass is 32.2. The summed E-state index contributed by atoms with van der Waals surface area (Å²) in [5.41, 5.74) is 1.33. The Bertz CT molecular complexity index is 379. The molecule has 0 bridgehead atoms. The minimum Gasteiger partial charge on any atom is -0.312 e. The average Bonchev–Trinajstić information content (AvgIpc) is 2.67. The Balaban J connectivity index is 2.08. The van der Waals surface area contributed by atoms with Crippen LogP contribution in [0, 0.1) is 0 Å². The second kappa shape index (κ2) is 5.29. The standard InChI is InChI=1S/C13H22N2S2/c1-13(2,3)16-8-11-15-12-9(14-4)6-5-7-10(12)17-11/h9,14H,5-8H2,1-4H3. The summed E-state index contributed by atoms with van der Waals surface area (Å²) in [5, 5.41) is 4.69. The maximum atomic E-state index is 4.84. The van der Waals surface area contributed by atoms with Crippen molar-refractivity contribution < 1.29 is 0 Å². The van der Waals surface area contributed by atoms with Crippen LogP contribution in [0.5, 0.6) is 0 Å². The van der Waals surface area contributed by atoms with Crippen molar-refractivity contribution in [1.82, 2.24) is 10.3 Å². The largest absolute Gasteiger partial charge is 0.312 e. The summed E-state index contributed by atoms with van der Waals surface area (Å²) >= 11 is 3.91. The molecule has 0 aromatic carbocycles. The lowest BCUT2D eigenvalue weighted by atomic mass is 9.98. The third-order valence-corrected chi connectivity index (χ3v) is 5.57. The van der Waals surface area contributed by atoms with Crippen molar-refractivity contribution in [2.45, 2.75) is 56.6 Å². The van der Waals surface area contributed by atoms with Gasteiger partial charge in [-0.25, -0.2) is 4.98 Å². The topological polar surface area (TPSA) is 24.9 Å². The summed E-state index contributed by atoms with van der Waals surface area (Å²) in [6.45, 7) is 6.80. The Morgan fingerprint density at radius 1 is 1.47 bits per heavy atom. The fraction of sp³-hybridized carbons (Fsp3) is 0.769. The molecule has 4 heteroatoms. The first-order valence-electron chi connectivity index (χ1n) is 6.29. The predicted octanol–water partition coefficient (Wildman–Crippen LogP) is 3.77. The van der Waals surface area contributed by atoms with E-state index < -0.39 is 0 Å². The van der Waals surface area contributed by atoms with Crippen molar-refractivity contribution in [2.24, 2.45) is 0 Å². The molecule has 0 saturated heterocycles. The van der Waals surface area contributed by atoms with Gasteiger partial charge in [-0.15, -0.1) is 23.1 Å². The molecule has 1 aromatic heterocycles. The zero-order valence-corrected chi connectivity index (χ0v) is 12.8. The molecule has 0 fully saturated rings. The van der Waals surface area contributed by atoms with Gasteiger partial charge in [0.05, 0.1) is 11.7 Å². The quantitative estimate of drug-likeness (QED) is 0.905. The van der Waals surface area contributed by atoms with Gasteiger partial charge in [0.1, 0.15) is 5.01 Å². The predicted molar refractivity (Wildman–Crippen MR) is 77.9 cm³/mol. The highest BCUT2D eigenvalue weighted by molar-refractivity contribution is 7.99. The molecule has 1 aliphatic carbocycles. The van der Waals surface area contributed by atoms with E-state index in [2.05, 4.69) is 26.1 Å². The van der Waals surface area contributed by atoms with E-state index in [-0.39, 0.29) is 0 Å². The van der Waals surface area contributed by atoms with Crippen molar-refractivity contribution in [3.63, 3.8) is 0 Å². The maximum absolute atomic E-state index is 4.84. The van der Waals surface area contributed by atoms with Gasteiger partial charge in [0, 0.05) is 15.4 Å². The lowest BCUT2D eigenvalue weighted by Gasteiger charge is -2.19. The smallest absolute Gasteiger partial charge is 0.103 e. The van der Waals surface area contributed by atoms with Gasteiger partial charge in [0.15, 0.2) is 0 Å². The normalized spacial score (nSPS) is 20.4. The molecule has 1 aliphatic rings. The zero-order valence-electron chi connectivity index (χ0n) is 11.2. The van der Waals surface area contributed by atoms with Gasteiger partial charge in [-0.1, -0.05) is 20.8 Å². The molecule has 1 atom stereocenters. The highest BCUT2D eigenvalue weighted by Gasteiger charge is 2.23. The maximum Gasteiger partial charge on any atom is 0.103 e. The summed E-state index contributed by atoms with van der Waals surface area (Å²) in [6, 6.07) is 0.489. The minimum absolute atomic E-state index is 0.328. The third-order valence-electron chi connectivity index (χ3n) is 2.98. The Labute approximate surface area is 113 Å². The van der Waals surface area contributed by atoms with Gasteiger partial charge in [0.2, 0.25) is 0 Å². The second-order valence-electron chi connectivity index (χ2n) is 5.55. The number of aryl methyl sites for hydroxylation is 1. The van der Waals surface area contributed by atoms with E-state index in [1.165, 1.54) is 34.8 Å². The average molecular weight is 270 g/mol. The Morgan fingerprint density at radius 3 is 2.88 bits per heavy atom. The van der Waals surface area contributed by atoms with Crippen LogP contribution in [-0.2, 0) is 12.2 Å². The van der Waals surface area contributed by atoms with E-state index in [0.717, 1.165) is 5.75 Å². The van der Waals surface area contributed by atoms with Gasteiger partial charge < -0.3 is 5.32 Å². The number of hydrogen-bond donors (Lipinski definition) is 1. The zero-order chi connectivity index (χ0) is 12.5. The number of hydrogen-bond acceptors (Lipinski definition) is 4. The molecule has 0 saturated carbocycles. The van der Waals surface area contributed by atoms with Crippen LogP contribution in [-0.4, -0.2) is 16.8 Å². The number of rotatable bonds is 3. The van der Waals surface area contributed by atoms with Crippen LogP contribution in [0.4, 0.5) is 0 Å². The molecule has 1 unspecified atom stereocenters. The first-order valence-corrected chi connectivity index (χ1v) is 8.09. The highest BCUT2D eigenvalue weighted by Crippen LogP contribution is 2.35. The number of nitrogens with one attached hydrogen (secondary N) is 1. The molecule has 2 rings (SSSR count). The van der Waals surface area contributed by atoms with Crippen LogP contribution in [0.1, 0.15) is 55.2 Å². The first-order chi connectivity index (χ1) is 7.99. The molecule has 2 nitrogen and oxygen atoms in total. The lowest BCUT2D eigenvalue weighted by molar-refractivity contribution is 0.489. The molecule has 96 valence electrons. The van der Waals surface area contributed by atoms with E-state index in [9.17, 15) is 0 Å². The van der Waals surface area contributed by atoms with Gasteiger partial charge in [-0.2, -0.15) is 0 Å². The third kappa shape index (κ3) is 3.46.